The van der Waals surface area contributed by atoms with Crippen molar-refractivity contribution in [2.24, 2.45) is 0 Å². The van der Waals surface area contributed by atoms with Crippen LogP contribution in [0.3, 0.4) is 0 Å². The van der Waals surface area contributed by atoms with Crippen LogP contribution >= 0.6 is 22.6 Å². The molecule has 0 heterocycles. The summed E-state index contributed by atoms with van der Waals surface area (Å²) in [7, 11) is 0. The summed E-state index contributed by atoms with van der Waals surface area (Å²) in [6.45, 7) is 2.05. The predicted octanol–water partition coefficient (Wildman–Crippen LogP) is 3.04. The van der Waals surface area contributed by atoms with Crippen molar-refractivity contribution in [2.75, 3.05) is 0 Å². The van der Waals surface area contributed by atoms with Gasteiger partial charge in [0.25, 0.3) is 0 Å². The Hall–Kier alpha value is -0.780. The second-order valence-corrected chi connectivity index (χ2v) is 4.53. The normalized spacial score (nSPS) is 10.3. The van der Waals surface area contributed by atoms with E-state index < -0.39 is 5.97 Å². The van der Waals surface area contributed by atoms with Crippen molar-refractivity contribution in [2.45, 2.75) is 26.2 Å². The minimum absolute atomic E-state index is 0.159. The maximum atomic E-state index is 11.0. The van der Waals surface area contributed by atoms with Gasteiger partial charge in [0.2, 0.25) is 0 Å². The van der Waals surface area contributed by atoms with Crippen molar-refractivity contribution in [1.29, 1.82) is 0 Å². The number of hydrogen-bond donors (Lipinski definition) is 2. The highest BCUT2D eigenvalue weighted by Crippen LogP contribution is 2.25. The monoisotopic (exact) mass is 320 g/mol. The highest BCUT2D eigenvalue weighted by molar-refractivity contribution is 14.1. The van der Waals surface area contributed by atoms with Gasteiger partial charge in [0.05, 0.1) is 9.13 Å². The maximum absolute atomic E-state index is 11.0. The van der Waals surface area contributed by atoms with Crippen LogP contribution in [0.25, 0.3) is 0 Å². The maximum Gasteiger partial charge on any atom is 0.336 e. The van der Waals surface area contributed by atoms with Gasteiger partial charge in [0.15, 0.2) is 0 Å². The number of halogens is 1. The summed E-state index contributed by atoms with van der Waals surface area (Å²) in [6, 6.07) is 3.07. The minimum Gasteiger partial charge on any atom is -0.507 e. The molecule has 0 aromatic heterocycles. The molecule has 0 radical (unpaired) electrons. The molecule has 0 unspecified atom stereocenters. The summed E-state index contributed by atoms with van der Waals surface area (Å²) in [5.74, 6) is -0.772. The molecule has 0 amide bonds. The zero-order valence-corrected chi connectivity index (χ0v) is 10.6. The largest absolute Gasteiger partial charge is 0.507 e. The molecule has 2 N–H and O–H groups in total. The summed E-state index contributed by atoms with van der Waals surface area (Å²) >= 11 is 1.92. The molecule has 0 saturated heterocycles. The van der Waals surface area contributed by atoms with E-state index in [-0.39, 0.29) is 5.75 Å². The second kappa shape index (κ2) is 5.34. The zero-order chi connectivity index (χ0) is 11.4. The molecular weight excluding hydrogens is 307 g/mol. The van der Waals surface area contributed by atoms with Crippen LogP contribution in [0.5, 0.6) is 5.75 Å². The van der Waals surface area contributed by atoms with E-state index in [1.54, 1.807) is 6.07 Å². The smallest absolute Gasteiger partial charge is 0.336 e. The highest BCUT2D eigenvalue weighted by atomic mass is 127. The molecule has 1 rings (SSSR count). The SMILES string of the molecule is CCCCc1cc(O)c(I)cc1C(=O)O. The Kier molecular flexibility index (Phi) is 4.38. The number of carbonyl (C=O) groups is 1. The number of carboxylic acid groups (broad SMARTS) is 1. The van der Waals surface area contributed by atoms with Gasteiger partial charge in [-0.25, -0.2) is 4.79 Å². The van der Waals surface area contributed by atoms with Gasteiger partial charge in [0.1, 0.15) is 5.75 Å². The number of phenolic OH excluding ortho intramolecular Hbond substituents is 1. The fraction of sp³-hybridized carbons (Fsp3) is 0.364. The number of hydrogen-bond acceptors (Lipinski definition) is 2. The molecule has 0 aliphatic heterocycles. The number of benzene rings is 1. The van der Waals surface area contributed by atoms with Gasteiger partial charge < -0.3 is 10.2 Å². The quantitative estimate of drug-likeness (QED) is 0.839. The van der Waals surface area contributed by atoms with Gasteiger partial charge in [-0.3, -0.25) is 0 Å². The molecule has 4 heteroatoms. The highest BCUT2D eigenvalue weighted by Gasteiger charge is 2.12. The Bertz CT molecular complexity index is 374. The number of aromatic hydroxyl groups is 1. The first-order chi connectivity index (χ1) is 7.06. The molecule has 1 aromatic rings. The number of rotatable bonds is 4. The Labute approximate surface area is 102 Å². The van der Waals surface area contributed by atoms with Crippen LogP contribution in [0.1, 0.15) is 35.7 Å². The van der Waals surface area contributed by atoms with Crippen molar-refractivity contribution in [3.05, 3.63) is 26.8 Å². The lowest BCUT2D eigenvalue weighted by molar-refractivity contribution is 0.0695. The van der Waals surface area contributed by atoms with Crippen LogP contribution in [0, 0.1) is 3.57 Å². The van der Waals surface area contributed by atoms with Crippen LogP contribution in [-0.2, 0) is 6.42 Å². The molecule has 0 spiro atoms. The van der Waals surface area contributed by atoms with E-state index in [9.17, 15) is 9.90 Å². The summed E-state index contributed by atoms with van der Waals surface area (Å²) in [5.41, 5.74) is 1.01. The van der Waals surface area contributed by atoms with Crippen LogP contribution in [0.2, 0.25) is 0 Å². The minimum atomic E-state index is -0.931. The van der Waals surface area contributed by atoms with E-state index in [2.05, 4.69) is 0 Å². The van der Waals surface area contributed by atoms with Crippen LogP contribution in [0.4, 0.5) is 0 Å². The summed E-state index contributed by atoms with van der Waals surface area (Å²) in [5, 5.41) is 18.5. The van der Waals surface area contributed by atoms with E-state index in [4.69, 9.17) is 5.11 Å². The Morgan fingerprint density at radius 1 is 1.47 bits per heavy atom. The van der Waals surface area contributed by atoms with Crippen molar-refractivity contribution in [3.8, 4) is 5.75 Å². The molecule has 3 nitrogen and oxygen atoms in total. The fourth-order valence-electron chi connectivity index (χ4n) is 1.38. The van der Waals surface area contributed by atoms with E-state index in [1.165, 1.54) is 6.07 Å². The lowest BCUT2D eigenvalue weighted by atomic mass is 10.0. The lowest BCUT2D eigenvalue weighted by Gasteiger charge is -2.07. The van der Waals surface area contributed by atoms with Gasteiger partial charge in [-0.05, 0) is 53.1 Å². The third kappa shape index (κ3) is 3.09. The molecule has 0 bridgehead atoms. The number of unbranched alkanes of at least 4 members (excludes halogenated alkanes) is 1. The topological polar surface area (TPSA) is 57.5 Å². The first-order valence-electron chi connectivity index (χ1n) is 4.81. The van der Waals surface area contributed by atoms with Crippen LogP contribution in [-0.4, -0.2) is 16.2 Å². The summed E-state index contributed by atoms with van der Waals surface area (Å²) in [4.78, 5) is 11.0. The molecule has 15 heavy (non-hydrogen) atoms. The molecule has 0 fully saturated rings. The summed E-state index contributed by atoms with van der Waals surface area (Å²) < 4.78 is 0.574. The first-order valence-corrected chi connectivity index (χ1v) is 5.88. The standard InChI is InChI=1S/C11H13IO3/c1-2-3-4-7-5-10(13)9(12)6-8(7)11(14)15/h5-6,13H,2-4H2,1H3,(H,14,15). The number of aromatic carboxylic acids is 1. The third-order valence-electron chi connectivity index (χ3n) is 2.20. The Morgan fingerprint density at radius 3 is 2.67 bits per heavy atom. The van der Waals surface area contributed by atoms with Crippen molar-refractivity contribution >= 4 is 28.6 Å². The molecule has 0 aliphatic rings. The first kappa shape index (κ1) is 12.3. The van der Waals surface area contributed by atoms with E-state index in [1.807, 2.05) is 29.5 Å². The fourth-order valence-corrected chi connectivity index (χ4v) is 1.85. The van der Waals surface area contributed by atoms with Crippen molar-refractivity contribution in [3.63, 3.8) is 0 Å². The van der Waals surface area contributed by atoms with E-state index in [0.29, 0.717) is 21.1 Å². The van der Waals surface area contributed by atoms with Gasteiger partial charge in [-0.2, -0.15) is 0 Å². The van der Waals surface area contributed by atoms with Gasteiger partial charge >= 0.3 is 5.97 Å². The average molecular weight is 320 g/mol. The van der Waals surface area contributed by atoms with Gasteiger partial charge in [-0.1, -0.05) is 13.3 Å². The average Bonchev–Trinajstić information content (AvgIpc) is 2.19. The number of carboxylic acids is 1. The van der Waals surface area contributed by atoms with Gasteiger partial charge in [-0.15, -0.1) is 0 Å². The summed E-state index contributed by atoms with van der Waals surface area (Å²) in [6.07, 6.45) is 2.63. The lowest BCUT2D eigenvalue weighted by Crippen LogP contribution is -2.03. The zero-order valence-electron chi connectivity index (χ0n) is 8.46. The van der Waals surface area contributed by atoms with Crippen molar-refractivity contribution < 1.29 is 15.0 Å². The predicted molar refractivity (Wildman–Crippen MR) is 66.4 cm³/mol. The van der Waals surface area contributed by atoms with Crippen molar-refractivity contribution in [1.82, 2.24) is 0 Å². The van der Waals surface area contributed by atoms with E-state index in [0.717, 1.165) is 12.8 Å². The molecule has 0 saturated carbocycles. The van der Waals surface area contributed by atoms with Gasteiger partial charge in [0, 0.05) is 0 Å². The van der Waals surface area contributed by atoms with Crippen LogP contribution in [0.15, 0.2) is 12.1 Å². The number of aryl methyl sites for hydroxylation is 1. The van der Waals surface area contributed by atoms with E-state index >= 15 is 0 Å². The molecule has 82 valence electrons. The second-order valence-electron chi connectivity index (χ2n) is 3.37. The van der Waals surface area contributed by atoms with Crippen LogP contribution < -0.4 is 0 Å². The molecular formula is C11H13IO3. The Balaban J connectivity index is 3.10. The Morgan fingerprint density at radius 2 is 2.13 bits per heavy atom. The molecule has 0 aliphatic carbocycles. The number of phenols is 1. The third-order valence-corrected chi connectivity index (χ3v) is 3.07. The molecule has 0 atom stereocenters. The molecule has 1 aromatic carbocycles.